The molecule has 52 valence electrons. The van der Waals surface area contributed by atoms with Gasteiger partial charge < -0.3 is 0 Å². The van der Waals surface area contributed by atoms with Gasteiger partial charge in [-0.25, -0.2) is 0 Å². The highest BCUT2D eigenvalue weighted by atomic mass is 32.2. The zero-order chi connectivity index (χ0) is 7.11. The number of allylic oxidation sites excluding steroid dienone is 2. The molecule has 0 aliphatic rings. The normalized spacial score (nSPS) is 13.0. The van der Waals surface area contributed by atoms with Crippen molar-refractivity contribution < 1.29 is 0 Å². The summed E-state index contributed by atoms with van der Waals surface area (Å²) in [5, 5.41) is 0. The van der Waals surface area contributed by atoms with Gasteiger partial charge in [0, 0.05) is 5.70 Å². The second kappa shape index (κ2) is 5.89. The highest BCUT2D eigenvalue weighted by Crippen LogP contribution is 1.97. The number of aliphatic imine (C=N–C) groups is 1. The lowest BCUT2D eigenvalue weighted by Gasteiger charge is -1.86. The molecule has 0 N–H and O–H groups in total. The second-order valence-electron chi connectivity index (χ2n) is 1.62. The summed E-state index contributed by atoms with van der Waals surface area (Å²) in [5.74, 6) is 1.10. The molecule has 0 rings (SSSR count). The average molecular weight is 143 g/mol. The van der Waals surface area contributed by atoms with Crippen molar-refractivity contribution in [2.24, 2.45) is 4.99 Å². The largest absolute Gasteiger partial charge is 0.255 e. The van der Waals surface area contributed by atoms with E-state index >= 15 is 0 Å². The first-order chi connectivity index (χ1) is 4.31. The van der Waals surface area contributed by atoms with Crippen molar-refractivity contribution in [3.8, 4) is 0 Å². The molecule has 1 nitrogen and oxygen atoms in total. The lowest BCUT2D eigenvalue weighted by molar-refractivity contribution is 1.30. The van der Waals surface area contributed by atoms with E-state index in [1.54, 1.807) is 11.8 Å². The van der Waals surface area contributed by atoms with E-state index in [0.29, 0.717) is 0 Å². The third-order valence-corrected chi connectivity index (χ3v) is 1.50. The number of thioether (sulfide) groups is 1. The van der Waals surface area contributed by atoms with Crippen molar-refractivity contribution in [1.82, 2.24) is 0 Å². The van der Waals surface area contributed by atoms with Gasteiger partial charge in [0.2, 0.25) is 0 Å². The highest BCUT2D eigenvalue weighted by Gasteiger charge is 1.76. The molecule has 2 heteroatoms. The number of hydrogen-bond acceptors (Lipinski definition) is 2. The summed E-state index contributed by atoms with van der Waals surface area (Å²) in [7, 11) is 0. The van der Waals surface area contributed by atoms with Gasteiger partial charge in [-0.1, -0.05) is 13.0 Å². The summed E-state index contributed by atoms with van der Waals surface area (Å²) in [4.78, 5) is 4.13. The lowest BCUT2D eigenvalue weighted by atomic mass is 10.5. The highest BCUT2D eigenvalue weighted by molar-refractivity contribution is 8.12. The van der Waals surface area contributed by atoms with Crippen LogP contribution in [0.4, 0.5) is 0 Å². The zero-order valence-electron chi connectivity index (χ0n) is 6.22. The number of rotatable bonds is 3. The second-order valence-corrected chi connectivity index (χ2v) is 2.74. The third-order valence-electron chi connectivity index (χ3n) is 0.915. The van der Waals surface area contributed by atoms with Gasteiger partial charge in [-0.05, 0) is 19.6 Å². The summed E-state index contributed by atoms with van der Waals surface area (Å²) in [6.07, 6.45) is 1.99. The first-order valence-corrected chi connectivity index (χ1v) is 4.13. The molecule has 0 radical (unpaired) electrons. The Hall–Kier alpha value is -0.240. The van der Waals surface area contributed by atoms with Crippen LogP contribution in [0.1, 0.15) is 20.8 Å². The van der Waals surface area contributed by atoms with Crippen LogP contribution in [-0.4, -0.2) is 11.3 Å². The molecule has 0 saturated carbocycles. The molecule has 0 aliphatic heterocycles. The van der Waals surface area contributed by atoms with E-state index < -0.39 is 0 Å². The summed E-state index contributed by atoms with van der Waals surface area (Å²) in [6, 6.07) is 0. The molecule has 0 bridgehead atoms. The molecule has 0 spiro atoms. The van der Waals surface area contributed by atoms with E-state index in [1.165, 1.54) is 0 Å². The van der Waals surface area contributed by atoms with Gasteiger partial charge in [0.15, 0.2) is 0 Å². The molecule has 0 atom stereocenters. The van der Waals surface area contributed by atoms with Crippen molar-refractivity contribution in [2.75, 3.05) is 5.75 Å². The van der Waals surface area contributed by atoms with E-state index in [2.05, 4.69) is 11.9 Å². The van der Waals surface area contributed by atoms with Crippen molar-refractivity contribution >= 4 is 17.3 Å². The fraction of sp³-hybridized carbons (Fsp3) is 0.571. The molecule has 0 fully saturated rings. The Morgan fingerprint density at radius 1 is 1.67 bits per heavy atom. The van der Waals surface area contributed by atoms with Gasteiger partial charge in [0.1, 0.15) is 0 Å². The summed E-state index contributed by atoms with van der Waals surface area (Å²) in [6.45, 7) is 6.09. The SMILES string of the molecule is C/C=C(C)/N=C\SCC. The molecule has 0 aliphatic carbocycles. The van der Waals surface area contributed by atoms with Crippen LogP contribution < -0.4 is 0 Å². The third kappa shape index (κ3) is 5.63. The number of nitrogens with zero attached hydrogens (tertiary/aromatic N) is 1. The van der Waals surface area contributed by atoms with Crippen LogP contribution in [-0.2, 0) is 0 Å². The number of hydrogen-bond donors (Lipinski definition) is 0. The molecular weight excluding hydrogens is 130 g/mol. The van der Waals surface area contributed by atoms with Crippen LogP contribution in [0.15, 0.2) is 16.8 Å². The molecule has 0 saturated heterocycles. The average Bonchev–Trinajstić information content (AvgIpc) is 1.89. The van der Waals surface area contributed by atoms with Crippen LogP contribution in [0.5, 0.6) is 0 Å². The van der Waals surface area contributed by atoms with E-state index in [1.807, 2.05) is 25.5 Å². The predicted molar refractivity (Wildman–Crippen MR) is 46.1 cm³/mol. The van der Waals surface area contributed by atoms with Crippen LogP contribution in [0.3, 0.4) is 0 Å². The monoisotopic (exact) mass is 143 g/mol. The minimum atomic E-state index is 1.08. The van der Waals surface area contributed by atoms with Crippen molar-refractivity contribution in [1.29, 1.82) is 0 Å². The quantitative estimate of drug-likeness (QED) is 0.437. The fourth-order valence-corrected chi connectivity index (χ4v) is 0.659. The van der Waals surface area contributed by atoms with Gasteiger partial charge in [0.05, 0.1) is 5.55 Å². The van der Waals surface area contributed by atoms with Gasteiger partial charge in [0.25, 0.3) is 0 Å². The topological polar surface area (TPSA) is 12.4 Å². The summed E-state index contributed by atoms with van der Waals surface area (Å²) < 4.78 is 0. The Bertz CT molecular complexity index is 116. The summed E-state index contributed by atoms with van der Waals surface area (Å²) in [5.41, 5.74) is 2.96. The van der Waals surface area contributed by atoms with Crippen molar-refractivity contribution in [3.63, 3.8) is 0 Å². The Labute approximate surface area is 61.3 Å². The standard InChI is InChI=1S/C7H13NS/c1-4-7(3)8-6-9-5-2/h4,6H,5H2,1-3H3/b7-4+,8-6-. The van der Waals surface area contributed by atoms with Crippen molar-refractivity contribution in [3.05, 3.63) is 11.8 Å². The first-order valence-electron chi connectivity index (χ1n) is 3.08. The van der Waals surface area contributed by atoms with Crippen LogP contribution in [0.2, 0.25) is 0 Å². The van der Waals surface area contributed by atoms with E-state index in [-0.39, 0.29) is 0 Å². The molecule has 0 aromatic carbocycles. The minimum absolute atomic E-state index is 1.08. The summed E-state index contributed by atoms with van der Waals surface area (Å²) >= 11 is 1.72. The predicted octanol–water partition coefficient (Wildman–Crippen LogP) is 2.69. The Morgan fingerprint density at radius 2 is 2.33 bits per heavy atom. The molecule has 0 heterocycles. The molecule has 0 aromatic heterocycles. The van der Waals surface area contributed by atoms with E-state index in [0.717, 1.165) is 11.4 Å². The zero-order valence-corrected chi connectivity index (χ0v) is 7.03. The van der Waals surface area contributed by atoms with Crippen LogP contribution in [0.25, 0.3) is 0 Å². The maximum atomic E-state index is 4.13. The minimum Gasteiger partial charge on any atom is -0.255 e. The van der Waals surface area contributed by atoms with Gasteiger partial charge >= 0.3 is 0 Å². The molecule has 0 aromatic rings. The smallest absolute Gasteiger partial charge is 0.0599 e. The lowest BCUT2D eigenvalue weighted by Crippen LogP contribution is -1.69. The van der Waals surface area contributed by atoms with Crippen molar-refractivity contribution in [2.45, 2.75) is 20.8 Å². The Balaban J connectivity index is 3.45. The fourth-order valence-electron chi connectivity index (χ4n) is 0.269. The maximum Gasteiger partial charge on any atom is 0.0599 e. The van der Waals surface area contributed by atoms with Crippen LogP contribution in [0, 0.1) is 0 Å². The Kier molecular flexibility index (Phi) is 5.73. The first kappa shape index (κ1) is 8.76. The van der Waals surface area contributed by atoms with E-state index in [9.17, 15) is 0 Å². The maximum absolute atomic E-state index is 4.13. The Morgan fingerprint density at radius 3 is 2.78 bits per heavy atom. The van der Waals surface area contributed by atoms with Gasteiger partial charge in [-0.2, -0.15) is 0 Å². The molecule has 9 heavy (non-hydrogen) atoms. The van der Waals surface area contributed by atoms with E-state index in [4.69, 9.17) is 0 Å². The van der Waals surface area contributed by atoms with Gasteiger partial charge in [-0.3, -0.25) is 4.99 Å². The molecule has 0 amide bonds. The van der Waals surface area contributed by atoms with Crippen LogP contribution >= 0.6 is 11.8 Å². The van der Waals surface area contributed by atoms with Gasteiger partial charge in [-0.15, -0.1) is 11.8 Å². The molecular formula is C7H13NS. The molecule has 0 unspecified atom stereocenters.